The molecule has 184 valence electrons. The van der Waals surface area contributed by atoms with E-state index in [4.69, 9.17) is 4.74 Å². The summed E-state index contributed by atoms with van der Waals surface area (Å²) >= 11 is 0. The van der Waals surface area contributed by atoms with Crippen LogP contribution in [0.4, 0.5) is 0 Å². The van der Waals surface area contributed by atoms with Gasteiger partial charge in [0.1, 0.15) is 11.9 Å². The average Bonchev–Trinajstić information content (AvgIpc) is 3.38. The molecule has 0 bridgehead atoms. The Morgan fingerprint density at radius 1 is 0.436 bits per heavy atom. The molecule has 1 heteroatoms. The van der Waals surface area contributed by atoms with E-state index in [1.165, 1.54) is 60.5 Å². The van der Waals surface area contributed by atoms with Gasteiger partial charge in [0.25, 0.3) is 0 Å². The summed E-state index contributed by atoms with van der Waals surface area (Å²) in [6, 6.07) is 44.1. The zero-order valence-corrected chi connectivity index (χ0v) is 21.4. The van der Waals surface area contributed by atoms with E-state index in [9.17, 15) is 0 Å². The fraction of sp³-hybridized carbons (Fsp3) is 0.0526. The fourth-order valence-electron chi connectivity index (χ4n) is 6.41. The summed E-state index contributed by atoms with van der Waals surface area (Å²) in [6.45, 7) is 0. The van der Waals surface area contributed by atoms with Crippen molar-refractivity contribution in [3.05, 3.63) is 151 Å². The van der Waals surface area contributed by atoms with Gasteiger partial charge in [-0.2, -0.15) is 0 Å². The summed E-state index contributed by atoms with van der Waals surface area (Å²) in [5.74, 6) is 1.29. The van der Waals surface area contributed by atoms with Gasteiger partial charge < -0.3 is 4.74 Å². The van der Waals surface area contributed by atoms with Crippen molar-refractivity contribution in [2.45, 2.75) is 12.0 Å². The third-order valence-electron chi connectivity index (χ3n) is 8.22. The van der Waals surface area contributed by atoms with Gasteiger partial charge in [-0.3, -0.25) is 0 Å². The fourth-order valence-corrected chi connectivity index (χ4v) is 6.41. The van der Waals surface area contributed by atoms with Gasteiger partial charge in [-0.25, -0.2) is 0 Å². The van der Waals surface area contributed by atoms with E-state index in [1.54, 1.807) is 0 Å². The number of benzene rings is 6. The van der Waals surface area contributed by atoms with Gasteiger partial charge in [0.2, 0.25) is 0 Å². The van der Waals surface area contributed by atoms with Crippen molar-refractivity contribution < 1.29 is 4.74 Å². The maximum absolute atomic E-state index is 6.16. The molecule has 1 nitrogen and oxygen atoms in total. The number of rotatable bonds is 3. The predicted molar refractivity (Wildman–Crippen MR) is 163 cm³/mol. The highest BCUT2D eigenvalue weighted by Gasteiger charge is 2.32. The van der Waals surface area contributed by atoms with Crippen LogP contribution >= 0.6 is 0 Å². The number of hydrogen-bond acceptors (Lipinski definition) is 1. The highest BCUT2D eigenvalue weighted by molar-refractivity contribution is 6.21. The minimum atomic E-state index is 0.114. The summed E-state index contributed by atoms with van der Waals surface area (Å²) in [6.07, 6.45) is 8.71. The third kappa shape index (κ3) is 3.55. The smallest absolute Gasteiger partial charge is 0.128 e. The molecule has 1 aliphatic carbocycles. The van der Waals surface area contributed by atoms with Crippen molar-refractivity contribution in [2.75, 3.05) is 0 Å². The summed E-state index contributed by atoms with van der Waals surface area (Å²) in [7, 11) is 0. The van der Waals surface area contributed by atoms with Crippen LogP contribution in [-0.2, 0) is 0 Å². The van der Waals surface area contributed by atoms with Crippen molar-refractivity contribution in [3.63, 3.8) is 0 Å². The van der Waals surface area contributed by atoms with Crippen LogP contribution in [0, 0.1) is 0 Å². The second kappa shape index (κ2) is 8.85. The Bertz CT molecular complexity index is 1870. The van der Waals surface area contributed by atoms with Crippen LogP contribution < -0.4 is 4.74 Å². The van der Waals surface area contributed by atoms with Crippen molar-refractivity contribution in [2.24, 2.45) is 0 Å². The molecule has 6 aromatic carbocycles. The Labute approximate surface area is 228 Å². The largest absolute Gasteiger partial charge is 0.485 e. The molecule has 39 heavy (non-hydrogen) atoms. The monoisotopic (exact) mass is 498 g/mol. The molecule has 2 aliphatic rings. The van der Waals surface area contributed by atoms with Crippen molar-refractivity contribution >= 4 is 21.5 Å². The highest BCUT2D eigenvalue weighted by Crippen LogP contribution is 2.45. The van der Waals surface area contributed by atoms with E-state index in [0.717, 1.165) is 5.75 Å². The van der Waals surface area contributed by atoms with Crippen LogP contribution in [0.15, 0.2) is 146 Å². The number of fused-ring (bicyclic) bond motifs is 5. The first-order valence-corrected chi connectivity index (χ1v) is 13.6. The molecule has 0 fully saturated rings. The molecule has 6 aromatic rings. The van der Waals surface area contributed by atoms with Crippen molar-refractivity contribution in [1.29, 1.82) is 0 Å². The van der Waals surface area contributed by atoms with Gasteiger partial charge in [0.05, 0.1) is 0 Å². The van der Waals surface area contributed by atoms with Crippen LogP contribution in [-0.4, -0.2) is 6.10 Å². The molecule has 0 N–H and O–H groups in total. The molecule has 0 saturated carbocycles. The second-order valence-electron chi connectivity index (χ2n) is 10.4. The van der Waals surface area contributed by atoms with Crippen molar-refractivity contribution in [1.82, 2.24) is 0 Å². The van der Waals surface area contributed by atoms with E-state index >= 15 is 0 Å². The molecule has 2 atom stereocenters. The lowest BCUT2D eigenvalue weighted by molar-refractivity contribution is 0.269. The van der Waals surface area contributed by atoms with Gasteiger partial charge in [0.15, 0.2) is 0 Å². The molecule has 0 radical (unpaired) electrons. The van der Waals surface area contributed by atoms with E-state index in [0.29, 0.717) is 5.92 Å². The highest BCUT2D eigenvalue weighted by atomic mass is 16.5. The summed E-state index contributed by atoms with van der Waals surface area (Å²) < 4.78 is 6.16. The number of ether oxygens (including phenoxy) is 1. The molecule has 1 aliphatic heterocycles. The quantitative estimate of drug-likeness (QED) is 0.221. The first kappa shape index (κ1) is 22.1. The van der Waals surface area contributed by atoms with Gasteiger partial charge in [0, 0.05) is 11.5 Å². The Hall–Kier alpha value is -4.88. The Morgan fingerprint density at radius 2 is 0.949 bits per heavy atom. The molecule has 8 rings (SSSR count). The first-order valence-electron chi connectivity index (χ1n) is 13.6. The molecular formula is C38H26O. The predicted octanol–water partition coefficient (Wildman–Crippen LogP) is 9.96. The van der Waals surface area contributed by atoms with E-state index in [2.05, 4.69) is 146 Å². The topological polar surface area (TPSA) is 9.23 Å². The van der Waals surface area contributed by atoms with Gasteiger partial charge in [-0.05, 0) is 73.1 Å². The maximum Gasteiger partial charge on any atom is 0.128 e. The van der Waals surface area contributed by atoms with E-state index < -0.39 is 0 Å². The van der Waals surface area contributed by atoms with E-state index in [1.807, 2.05) is 0 Å². The van der Waals surface area contributed by atoms with Gasteiger partial charge in [-0.1, -0.05) is 127 Å². The lowest BCUT2D eigenvalue weighted by atomic mass is 9.85. The second-order valence-corrected chi connectivity index (χ2v) is 10.4. The first-order chi connectivity index (χ1) is 19.3. The number of hydrogen-bond donors (Lipinski definition) is 0. The maximum atomic E-state index is 6.16. The standard InChI is InChI=1S/C38H26O/c1-2-10-26(11-3-1)37-30-13-4-6-15-32(30)38(33-16-7-5-14-31(33)37)27-20-18-25(19-21-27)28-22-23-36-34(24-28)29-12-8-9-17-35(29)39-36/h1-24,29,35H. The molecule has 0 amide bonds. The molecular weight excluding hydrogens is 472 g/mol. The van der Waals surface area contributed by atoms with Crippen LogP contribution in [0.25, 0.3) is 54.9 Å². The Kier molecular flexibility index (Phi) is 5.03. The van der Waals surface area contributed by atoms with Crippen molar-refractivity contribution in [3.8, 4) is 39.1 Å². The average molecular weight is 499 g/mol. The lowest BCUT2D eigenvalue weighted by Gasteiger charge is -2.18. The van der Waals surface area contributed by atoms with Crippen LogP contribution in [0.1, 0.15) is 11.5 Å². The SMILES string of the molecule is C1=CC2Oc3ccc(-c4ccc(-c5c6ccccc6c(-c6ccccc6)c6ccccc56)cc4)cc3C2C=C1. The summed E-state index contributed by atoms with van der Waals surface area (Å²) in [4.78, 5) is 0. The third-order valence-corrected chi connectivity index (χ3v) is 8.22. The minimum absolute atomic E-state index is 0.114. The zero-order valence-electron chi connectivity index (χ0n) is 21.4. The lowest BCUT2D eigenvalue weighted by Crippen LogP contribution is -2.15. The Morgan fingerprint density at radius 3 is 1.59 bits per heavy atom. The molecule has 2 unspecified atom stereocenters. The summed E-state index contributed by atoms with van der Waals surface area (Å²) in [5, 5.41) is 5.12. The zero-order chi connectivity index (χ0) is 25.8. The molecule has 0 saturated heterocycles. The number of allylic oxidation sites excluding steroid dienone is 2. The van der Waals surface area contributed by atoms with Gasteiger partial charge in [-0.15, -0.1) is 0 Å². The van der Waals surface area contributed by atoms with Crippen LogP contribution in [0.3, 0.4) is 0 Å². The summed E-state index contributed by atoms with van der Waals surface area (Å²) in [5.41, 5.74) is 8.78. The minimum Gasteiger partial charge on any atom is -0.485 e. The van der Waals surface area contributed by atoms with Crippen LogP contribution in [0.2, 0.25) is 0 Å². The molecule has 0 spiro atoms. The molecule has 1 heterocycles. The Balaban J connectivity index is 1.27. The van der Waals surface area contributed by atoms with Gasteiger partial charge >= 0.3 is 0 Å². The van der Waals surface area contributed by atoms with Crippen LogP contribution in [0.5, 0.6) is 5.75 Å². The normalized spacial score (nSPS) is 17.2. The molecule has 0 aromatic heterocycles. The van der Waals surface area contributed by atoms with E-state index in [-0.39, 0.29) is 6.10 Å².